The van der Waals surface area contributed by atoms with Crippen LogP contribution < -0.4 is 5.63 Å². The van der Waals surface area contributed by atoms with Crippen LogP contribution in [0, 0.1) is 0 Å². The van der Waals surface area contributed by atoms with Gasteiger partial charge in [-0.05, 0) is 23.2 Å². The number of methoxy groups -OCH3 is 1. The van der Waals surface area contributed by atoms with Crippen molar-refractivity contribution in [3.8, 4) is 0 Å². The Balaban J connectivity index is 2.54. The topological polar surface area (TPSA) is 96.6 Å². The Hall–Kier alpha value is -1.51. The molecule has 0 radical (unpaired) electrons. The molecule has 1 atom stereocenters. The molecule has 0 fully saturated rings. The normalized spacial score (nSPS) is 12.6. The van der Waals surface area contributed by atoms with Crippen LogP contribution in [0.3, 0.4) is 0 Å². The molecule has 6 nitrogen and oxygen atoms in total. The van der Waals surface area contributed by atoms with Crippen molar-refractivity contribution in [3.63, 3.8) is 0 Å². The van der Waals surface area contributed by atoms with Crippen molar-refractivity contribution in [3.05, 3.63) is 33.0 Å². The van der Waals surface area contributed by atoms with E-state index in [0.29, 0.717) is 9.58 Å². The zero-order chi connectivity index (χ0) is 13.3. The Labute approximate surface area is 107 Å². The molecule has 0 aliphatic carbocycles. The summed E-state index contributed by atoms with van der Waals surface area (Å²) in [5, 5.41) is 0. The highest BCUT2D eigenvalue weighted by atomic mass is 32.2. The summed E-state index contributed by atoms with van der Waals surface area (Å²) in [4.78, 5) is 23.3. The third-order valence-electron chi connectivity index (χ3n) is 2.14. The molecular weight excluding hydrogens is 280 g/mol. The maximum Gasteiger partial charge on any atom is 0.351 e. The van der Waals surface area contributed by atoms with Gasteiger partial charge in [0.1, 0.15) is 11.1 Å². The van der Waals surface area contributed by atoms with Gasteiger partial charge in [-0.25, -0.2) is 9.59 Å². The van der Waals surface area contributed by atoms with Gasteiger partial charge in [0, 0.05) is 10.6 Å². The minimum atomic E-state index is -2.22. The first-order valence-electron chi connectivity index (χ1n) is 4.72. The van der Waals surface area contributed by atoms with Crippen LogP contribution in [0.2, 0.25) is 0 Å². The highest BCUT2D eigenvalue weighted by Gasteiger charge is 2.15. The molecule has 2 aromatic heterocycles. The summed E-state index contributed by atoms with van der Waals surface area (Å²) in [6.07, 6.45) is 0. The molecule has 0 aromatic carbocycles. The summed E-state index contributed by atoms with van der Waals surface area (Å²) in [5.74, 6) is -0.940. The van der Waals surface area contributed by atoms with Gasteiger partial charge in [-0.2, -0.15) is 0 Å². The largest absolute Gasteiger partial charge is 0.772 e. The number of hydrogen-bond donors (Lipinski definition) is 0. The van der Waals surface area contributed by atoms with E-state index in [-0.39, 0.29) is 16.9 Å². The molecular formula is C10H7O6S2-. The molecule has 1 unspecified atom stereocenters. The van der Waals surface area contributed by atoms with Crippen LogP contribution in [0.1, 0.15) is 15.2 Å². The molecule has 0 bridgehead atoms. The number of thiophene rings is 1. The first-order valence-corrected chi connectivity index (χ1v) is 6.78. The van der Waals surface area contributed by atoms with Gasteiger partial charge in [0.15, 0.2) is 0 Å². The van der Waals surface area contributed by atoms with Gasteiger partial charge in [-0.3, -0.25) is 4.21 Å². The second-order valence-electron chi connectivity index (χ2n) is 3.33. The van der Waals surface area contributed by atoms with Crippen LogP contribution in [-0.4, -0.2) is 21.8 Å². The van der Waals surface area contributed by atoms with E-state index in [0.717, 1.165) is 18.4 Å². The van der Waals surface area contributed by atoms with Gasteiger partial charge in [-0.1, -0.05) is 0 Å². The summed E-state index contributed by atoms with van der Waals surface area (Å²) < 4.78 is 31.0. The van der Waals surface area contributed by atoms with Crippen LogP contribution >= 0.6 is 11.3 Å². The van der Waals surface area contributed by atoms with Gasteiger partial charge in [-0.15, -0.1) is 11.3 Å². The predicted molar refractivity (Wildman–Crippen MR) is 64.3 cm³/mol. The Morgan fingerprint density at radius 2 is 2.28 bits per heavy atom. The minimum absolute atomic E-state index is 0.156. The second kappa shape index (κ2) is 5.01. The van der Waals surface area contributed by atoms with E-state index in [9.17, 15) is 18.4 Å². The average molecular weight is 287 g/mol. The molecule has 18 heavy (non-hydrogen) atoms. The van der Waals surface area contributed by atoms with E-state index in [1.165, 1.54) is 12.1 Å². The highest BCUT2D eigenvalue weighted by Crippen LogP contribution is 2.26. The van der Waals surface area contributed by atoms with Gasteiger partial charge < -0.3 is 13.7 Å². The molecule has 0 amide bonds. The van der Waals surface area contributed by atoms with E-state index < -0.39 is 22.7 Å². The predicted octanol–water partition coefficient (Wildman–Crippen LogP) is 1.02. The van der Waals surface area contributed by atoms with Crippen molar-refractivity contribution >= 4 is 38.7 Å². The number of hydrogen-bond acceptors (Lipinski definition) is 7. The lowest BCUT2D eigenvalue weighted by molar-refractivity contribution is 0.0596. The molecule has 8 heteroatoms. The molecule has 0 N–H and O–H groups in total. The van der Waals surface area contributed by atoms with Gasteiger partial charge in [0.25, 0.3) is 0 Å². The molecule has 2 heterocycles. The van der Waals surface area contributed by atoms with E-state index in [1.807, 2.05) is 0 Å². The Bertz CT molecular complexity index is 683. The van der Waals surface area contributed by atoms with Crippen molar-refractivity contribution < 1.29 is 22.7 Å². The first-order chi connectivity index (χ1) is 8.51. The molecule has 2 aromatic rings. The van der Waals surface area contributed by atoms with Crippen molar-refractivity contribution in [1.29, 1.82) is 0 Å². The van der Waals surface area contributed by atoms with Crippen molar-refractivity contribution in [2.45, 2.75) is 5.75 Å². The minimum Gasteiger partial charge on any atom is -0.772 e. The van der Waals surface area contributed by atoms with E-state index in [4.69, 9.17) is 4.42 Å². The highest BCUT2D eigenvalue weighted by molar-refractivity contribution is 7.78. The number of carbonyl (C=O) groups is 1. The van der Waals surface area contributed by atoms with Crippen LogP contribution in [0.25, 0.3) is 10.3 Å². The zero-order valence-corrected chi connectivity index (χ0v) is 10.8. The van der Waals surface area contributed by atoms with Gasteiger partial charge in [0.05, 0.1) is 11.8 Å². The quantitative estimate of drug-likeness (QED) is 0.617. The number of carbonyl (C=O) groups excluding carboxylic acids is 1. The molecule has 0 aliphatic rings. The van der Waals surface area contributed by atoms with Crippen molar-refractivity contribution in [1.82, 2.24) is 0 Å². The maximum atomic E-state index is 11.5. The molecule has 0 spiro atoms. The average Bonchev–Trinajstić information content (AvgIpc) is 2.67. The third-order valence-corrected chi connectivity index (χ3v) is 3.93. The van der Waals surface area contributed by atoms with Crippen molar-refractivity contribution in [2.24, 2.45) is 0 Å². The molecule has 0 aliphatic heterocycles. The Morgan fingerprint density at radius 3 is 2.89 bits per heavy atom. The summed E-state index contributed by atoms with van der Waals surface area (Å²) in [7, 11) is 1.16. The third kappa shape index (κ3) is 2.50. The van der Waals surface area contributed by atoms with E-state index in [2.05, 4.69) is 4.74 Å². The number of esters is 1. The zero-order valence-electron chi connectivity index (χ0n) is 9.13. The number of ether oxygens (including phenoxy) is 1. The first kappa shape index (κ1) is 12.9. The molecule has 2 rings (SSSR count). The fourth-order valence-corrected chi connectivity index (χ4v) is 3.07. The van der Waals surface area contributed by atoms with Crippen LogP contribution in [0.4, 0.5) is 0 Å². The maximum absolute atomic E-state index is 11.5. The van der Waals surface area contributed by atoms with Crippen LogP contribution in [0.15, 0.2) is 21.3 Å². The van der Waals surface area contributed by atoms with Gasteiger partial charge >= 0.3 is 11.6 Å². The van der Waals surface area contributed by atoms with E-state index in [1.54, 1.807) is 0 Å². The van der Waals surface area contributed by atoms with Gasteiger partial charge in [0.2, 0.25) is 0 Å². The summed E-state index contributed by atoms with van der Waals surface area (Å²) in [6, 6.07) is 2.81. The van der Waals surface area contributed by atoms with Crippen LogP contribution in [-0.2, 0) is 21.6 Å². The lowest BCUT2D eigenvalue weighted by Crippen LogP contribution is -2.14. The standard InChI is InChI=1S/C10H8O6S2/c1-15-9(11)6-3-8-7(16-10(6)12)2-5(17-8)4-18(13)14/h2-3H,4H2,1H3,(H,13,14)/p-1. The number of fused-ring (bicyclic) bond motifs is 1. The molecule has 96 valence electrons. The smallest absolute Gasteiger partial charge is 0.351 e. The summed E-state index contributed by atoms with van der Waals surface area (Å²) in [5.41, 5.74) is -0.748. The van der Waals surface area contributed by atoms with Crippen molar-refractivity contribution in [2.75, 3.05) is 7.11 Å². The summed E-state index contributed by atoms with van der Waals surface area (Å²) >= 11 is -1.07. The second-order valence-corrected chi connectivity index (χ2v) is 5.39. The monoisotopic (exact) mass is 287 g/mol. The Kier molecular flexibility index (Phi) is 3.60. The molecule has 0 saturated heterocycles. The SMILES string of the molecule is COC(=O)c1cc2sc(CS(=O)[O-])cc2oc1=O. The molecule has 0 saturated carbocycles. The lowest BCUT2D eigenvalue weighted by Gasteiger charge is -1.99. The fourth-order valence-electron chi connectivity index (χ4n) is 1.40. The van der Waals surface area contributed by atoms with Crippen LogP contribution in [0.5, 0.6) is 0 Å². The number of rotatable bonds is 3. The van der Waals surface area contributed by atoms with E-state index >= 15 is 0 Å². The summed E-state index contributed by atoms with van der Waals surface area (Å²) in [6.45, 7) is 0. The fraction of sp³-hybridized carbons (Fsp3) is 0.200. The lowest BCUT2D eigenvalue weighted by atomic mass is 10.3. The Morgan fingerprint density at radius 1 is 1.56 bits per heavy atom.